The van der Waals surface area contributed by atoms with Gasteiger partial charge in [-0.3, -0.25) is 9.79 Å². The molecule has 2 rings (SSSR count). The van der Waals surface area contributed by atoms with E-state index in [-0.39, 0.29) is 29.9 Å². The molecule has 6 nitrogen and oxygen atoms in total. The molecule has 0 atom stereocenters. The molecule has 0 aliphatic heterocycles. The molecule has 164 valence electrons. The fourth-order valence-corrected chi connectivity index (χ4v) is 2.86. The summed E-state index contributed by atoms with van der Waals surface area (Å²) in [5.74, 6) is 1.68. The third-order valence-electron chi connectivity index (χ3n) is 4.49. The minimum Gasteiger partial charge on any atom is -0.497 e. The highest BCUT2D eigenvalue weighted by Crippen LogP contribution is 2.11. The van der Waals surface area contributed by atoms with Crippen LogP contribution in [0.2, 0.25) is 0 Å². The van der Waals surface area contributed by atoms with E-state index in [1.165, 1.54) is 5.56 Å². The Hall–Kier alpha value is -2.29. The number of carbonyl (C=O) groups is 1. The molecule has 0 aliphatic rings. The lowest BCUT2D eigenvalue weighted by atomic mass is 10.1. The second-order valence-corrected chi connectivity index (χ2v) is 6.77. The van der Waals surface area contributed by atoms with Crippen molar-refractivity contribution in [2.75, 3.05) is 33.8 Å². The molecule has 0 aliphatic carbocycles. The number of methoxy groups -OCH3 is 1. The summed E-state index contributed by atoms with van der Waals surface area (Å²) >= 11 is 0. The van der Waals surface area contributed by atoms with Crippen molar-refractivity contribution >= 4 is 35.8 Å². The largest absolute Gasteiger partial charge is 0.497 e. The van der Waals surface area contributed by atoms with Gasteiger partial charge in [-0.1, -0.05) is 42.5 Å². The Morgan fingerprint density at radius 2 is 1.73 bits per heavy atom. The summed E-state index contributed by atoms with van der Waals surface area (Å²) in [6, 6.07) is 18.0. The van der Waals surface area contributed by atoms with Crippen molar-refractivity contribution in [3.63, 3.8) is 0 Å². The SMILES string of the molecule is CCNC(=NCCC(=O)N(C)Cc1ccccc1)NCCc1ccc(OC)cc1.I. The molecule has 1 amide bonds. The standard InChI is InChI=1S/C23H32N4O2.HI/c1-4-24-23(25-16-14-19-10-12-21(29-3)13-11-19)26-17-15-22(28)27(2)18-20-8-6-5-7-9-20;/h5-13H,4,14-18H2,1-3H3,(H2,24,25,26);1H. The van der Waals surface area contributed by atoms with E-state index in [9.17, 15) is 4.79 Å². The summed E-state index contributed by atoms with van der Waals surface area (Å²) in [6.45, 7) is 4.63. The van der Waals surface area contributed by atoms with Crippen molar-refractivity contribution in [1.29, 1.82) is 0 Å². The van der Waals surface area contributed by atoms with Crippen LogP contribution in [0.4, 0.5) is 0 Å². The second-order valence-electron chi connectivity index (χ2n) is 6.77. The Labute approximate surface area is 197 Å². The third kappa shape index (κ3) is 9.47. The van der Waals surface area contributed by atoms with E-state index in [2.05, 4.69) is 27.8 Å². The fraction of sp³-hybridized carbons (Fsp3) is 0.391. The van der Waals surface area contributed by atoms with Gasteiger partial charge in [0.25, 0.3) is 0 Å². The smallest absolute Gasteiger partial charge is 0.224 e. The Morgan fingerprint density at radius 1 is 1.03 bits per heavy atom. The lowest BCUT2D eigenvalue weighted by molar-refractivity contribution is -0.130. The number of nitrogens with zero attached hydrogens (tertiary/aromatic N) is 2. The highest BCUT2D eigenvalue weighted by molar-refractivity contribution is 14.0. The number of aliphatic imine (C=N–C) groups is 1. The molecule has 7 heteroatoms. The maximum absolute atomic E-state index is 12.3. The molecule has 2 N–H and O–H groups in total. The van der Waals surface area contributed by atoms with Gasteiger partial charge in [-0.2, -0.15) is 0 Å². The van der Waals surface area contributed by atoms with Crippen LogP contribution in [-0.2, 0) is 17.8 Å². The first-order valence-electron chi connectivity index (χ1n) is 10.1. The number of hydrogen-bond donors (Lipinski definition) is 2. The quantitative estimate of drug-likeness (QED) is 0.284. The van der Waals surface area contributed by atoms with Gasteiger partial charge in [-0.25, -0.2) is 0 Å². The Kier molecular flexibility index (Phi) is 12.6. The number of rotatable bonds is 10. The summed E-state index contributed by atoms with van der Waals surface area (Å²) in [6.07, 6.45) is 1.27. The summed E-state index contributed by atoms with van der Waals surface area (Å²) in [5, 5.41) is 6.55. The summed E-state index contributed by atoms with van der Waals surface area (Å²) in [7, 11) is 3.50. The maximum atomic E-state index is 12.3. The van der Waals surface area contributed by atoms with Crippen molar-refractivity contribution in [3.05, 3.63) is 65.7 Å². The van der Waals surface area contributed by atoms with Crippen LogP contribution < -0.4 is 15.4 Å². The highest BCUT2D eigenvalue weighted by atomic mass is 127. The number of benzene rings is 2. The van der Waals surface area contributed by atoms with Crippen LogP contribution in [-0.4, -0.2) is 50.6 Å². The van der Waals surface area contributed by atoms with Gasteiger partial charge >= 0.3 is 0 Å². The number of guanidine groups is 1. The van der Waals surface area contributed by atoms with E-state index >= 15 is 0 Å². The van der Waals surface area contributed by atoms with Crippen molar-refractivity contribution in [1.82, 2.24) is 15.5 Å². The summed E-state index contributed by atoms with van der Waals surface area (Å²) in [4.78, 5) is 18.6. The first-order valence-corrected chi connectivity index (χ1v) is 10.1. The molecule has 0 heterocycles. The van der Waals surface area contributed by atoms with E-state index in [4.69, 9.17) is 4.74 Å². The van der Waals surface area contributed by atoms with Crippen LogP contribution in [0.25, 0.3) is 0 Å². The van der Waals surface area contributed by atoms with E-state index in [0.717, 1.165) is 36.8 Å². The van der Waals surface area contributed by atoms with Gasteiger partial charge in [0.15, 0.2) is 5.96 Å². The molecular weight excluding hydrogens is 491 g/mol. The Bertz CT molecular complexity index is 767. The lowest BCUT2D eigenvalue weighted by Crippen LogP contribution is -2.38. The van der Waals surface area contributed by atoms with Gasteiger partial charge in [-0.05, 0) is 36.6 Å². The first kappa shape index (κ1) is 25.7. The van der Waals surface area contributed by atoms with E-state index in [0.29, 0.717) is 19.5 Å². The van der Waals surface area contributed by atoms with Crippen molar-refractivity contribution < 1.29 is 9.53 Å². The van der Waals surface area contributed by atoms with E-state index in [1.807, 2.05) is 56.4 Å². The maximum Gasteiger partial charge on any atom is 0.224 e. The van der Waals surface area contributed by atoms with Gasteiger partial charge in [-0.15, -0.1) is 24.0 Å². The van der Waals surface area contributed by atoms with Crippen LogP contribution in [0.3, 0.4) is 0 Å². The van der Waals surface area contributed by atoms with Crippen LogP contribution in [0.15, 0.2) is 59.6 Å². The summed E-state index contributed by atoms with van der Waals surface area (Å²) < 4.78 is 5.18. The van der Waals surface area contributed by atoms with Crippen molar-refractivity contribution in [2.45, 2.75) is 26.3 Å². The number of hydrogen-bond acceptors (Lipinski definition) is 3. The molecule has 2 aromatic carbocycles. The minimum absolute atomic E-state index is 0. The van der Waals surface area contributed by atoms with Gasteiger partial charge in [0, 0.05) is 33.1 Å². The van der Waals surface area contributed by atoms with Crippen LogP contribution in [0.5, 0.6) is 5.75 Å². The second kappa shape index (κ2) is 14.7. The zero-order valence-corrected chi connectivity index (χ0v) is 20.4. The minimum atomic E-state index is 0. The van der Waals surface area contributed by atoms with E-state index < -0.39 is 0 Å². The normalized spacial score (nSPS) is 10.7. The van der Waals surface area contributed by atoms with Crippen LogP contribution in [0, 0.1) is 0 Å². The number of halogens is 1. The van der Waals surface area contributed by atoms with Gasteiger partial charge < -0.3 is 20.3 Å². The fourth-order valence-electron chi connectivity index (χ4n) is 2.86. The Balaban J connectivity index is 0.00000450. The number of amides is 1. The van der Waals surface area contributed by atoms with Crippen molar-refractivity contribution in [2.24, 2.45) is 4.99 Å². The summed E-state index contributed by atoms with van der Waals surface area (Å²) in [5.41, 5.74) is 2.35. The molecule has 30 heavy (non-hydrogen) atoms. The molecule has 0 bridgehead atoms. The molecule has 0 aromatic heterocycles. The van der Waals surface area contributed by atoms with Gasteiger partial charge in [0.05, 0.1) is 13.7 Å². The predicted octanol–water partition coefficient (Wildman–Crippen LogP) is 3.46. The average molecular weight is 524 g/mol. The lowest BCUT2D eigenvalue weighted by Gasteiger charge is -2.17. The third-order valence-corrected chi connectivity index (χ3v) is 4.49. The molecular formula is C23H33IN4O2. The van der Waals surface area contributed by atoms with Crippen molar-refractivity contribution in [3.8, 4) is 5.75 Å². The zero-order chi connectivity index (χ0) is 20.9. The predicted molar refractivity (Wildman–Crippen MR) is 134 cm³/mol. The first-order chi connectivity index (χ1) is 14.1. The Morgan fingerprint density at radius 3 is 2.37 bits per heavy atom. The molecule has 0 spiro atoms. The molecule has 0 radical (unpaired) electrons. The number of ether oxygens (including phenoxy) is 1. The topological polar surface area (TPSA) is 66.0 Å². The molecule has 2 aromatic rings. The molecule has 0 unspecified atom stereocenters. The van der Waals surface area contributed by atoms with E-state index in [1.54, 1.807) is 12.0 Å². The highest BCUT2D eigenvalue weighted by Gasteiger charge is 2.09. The monoisotopic (exact) mass is 524 g/mol. The molecule has 0 fully saturated rings. The number of nitrogens with one attached hydrogen (secondary N) is 2. The van der Waals surface area contributed by atoms with Crippen LogP contribution >= 0.6 is 24.0 Å². The van der Waals surface area contributed by atoms with Gasteiger partial charge in [0.2, 0.25) is 5.91 Å². The molecule has 0 saturated carbocycles. The van der Waals surface area contributed by atoms with Crippen LogP contribution in [0.1, 0.15) is 24.5 Å². The zero-order valence-electron chi connectivity index (χ0n) is 18.1. The molecule has 0 saturated heterocycles. The van der Waals surface area contributed by atoms with Gasteiger partial charge in [0.1, 0.15) is 5.75 Å². The number of carbonyl (C=O) groups excluding carboxylic acids is 1. The average Bonchev–Trinajstić information content (AvgIpc) is 2.74.